The summed E-state index contributed by atoms with van der Waals surface area (Å²) in [5, 5.41) is 2.76. The summed E-state index contributed by atoms with van der Waals surface area (Å²) in [4.78, 5) is 28.1. The van der Waals surface area contributed by atoms with Gasteiger partial charge in [-0.05, 0) is 67.3 Å². The van der Waals surface area contributed by atoms with Crippen LogP contribution in [0.3, 0.4) is 0 Å². The van der Waals surface area contributed by atoms with E-state index in [1.807, 2.05) is 24.3 Å². The summed E-state index contributed by atoms with van der Waals surface area (Å²) in [6, 6.07) is 21.5. The van der Waals surface area contributed by atoms with Gasteiger partial charge < -0.3 is 15.0 Å². The first-order valence-electron chi connectivity index (χ1n) is 13.0. The summed E-state index contributed by atoms with van der Waals surface area (Å²) in [5.41, 5.74) is 2.19. The van der Waals surface area contributed by atoms with Gasteiger partial charge in [-0.3, -0.25) is 13.9 Å². The largest absolute Gasteiger partial charge is 0.497 e. The van der Waals surface area contributed by atoms with Crippen LogP contribution in [0.5, 0.6) is 5.75 Å². The van der Waals surface area contributed by atoms with Gasteiger partial charge in [0.25, 0.3) is 10.0 Å². The van der Waals surface area contributed by atoms with Crippen LogP contribution in [0, 0.1) is 0 Å². The van der Waals surface area contributed by atoms with Crippen molar-refractivity contribution >= 4 is 27.5 Å². The number of rotatable bonds is 12. The molecule has 0 fully saturated rings. The lowest BCUT2D eigenvalue weighted by Crippen LogP contribution is -2.51. The Morgan fingerprint density at radius 1 is 0.897 bits per heavy atom. The van der Waals surface area contributed by atoms with Crippen molar-refractivity contribution in [1.82, 2.24) is 10.2 Å². The minimum atomic E-state index is -4.09. The van der Waals surface area contributed by atoms with Crippen LogP contribution in [-0.4, -0.2) is 51.4 Å². The third kappa shape index (κ3) is 7.38. The zero-order valence-corrected chi connectivity index (χ0v) is 23.9. The normalized spacial score (nSPS) is 12.1. The maximum Gasteiger partial charge on any atom is 0.264 e. The Bertz CT molecular complexity index is 1340. The van der Waals surface area contributed by atoms with Crippen molar-refractivity contribution in [1.29, 1.82) is 0 Å². The number of carbonyl (C=O) groups is 2. The summed E-state index contributed by atoms with van der Waals surface area (Å²) in [7, 11) is -2.52. The number of ether oxygens (including phenoxy) is 1. The molecule has 0 aromatic heterocycles. The Hall–Kier alpha value is -3.85. The van der Waals surface area contributed by atoms with Gasteiger partial charge in [0.05, 0.1) is 17.7 Å². The summed E-state index contributed by atoms with van der Waals surface area (Å²) >= 11 is 0. The van der Waals surface area contributed by atoms with Crippen LogP contribution in [0.2, 0.25) is 0 Å². The molecule has 39 heavy (non-hydrogen) atoms. The van der Waals surface area contributed by atoms with Gasteiger partial charge in [0.2, 0.25) is 11.8 Å². The molecule has 9 heteroatoms. The molecule has 3 aromatic rings. The van der Waals surface area contributed by atoms with Crippen molar-refractivity contribution in [3.8, 4) is 5.75 Å². The van der Waals surface area contributed by atoms with Crippen LogP contribution in [0.1, 0.15) is 44.7 Å². The molecule has 8 nitrogen and oxygen atoms in total. The van der Waals surface area contributed by atoms with Crippen LogP contribution in [0.25, 0.3) is 0 Å². The second-order valence-electron chi connectivity index (χ2n) is 9.51. The molecule has 0 spiro atoms. The number of hydrogen-bond acceptors (Lipinski definition) is 5. The highest BCUT2D eigenvalue weighted by atomic mass is 32.2. The molecule has 208 valence electrons. The van der Waals surface area contributed by atoms with Crippen molar-refractivity contribution in [3.63, 3.8) is 0 Å². The van der Waals surface area contributed by atoms with E-state index in [0.717, 1.165) is 15.4 Å². The van der Waals surface area contributed by atoms with Crippen LogP contribution in [0.4, 0.5) is 5.69 Å². The maximum absolute atomic E-state index is 13.9. The Balaban J connectivity index is 2.01. The van der Waals surface area contributed by atoms with Crippen molar-refractivity contribution in [2.24, 2.45) is 0 Å². The lowest BCUT2D eigenvalue weighted by atomic mass is 10.0. The molecule has 0 aliphatic carbocycles. The molecule has 0 radical (unpaired) electrons. The minimum absolute atomic E-state index is 0.0733. The molecule has 0 heterocycles. The monoisotopic (exact) mass is 551 g/mol. The second kappa shape index (κ2) is 13.3. The van der Waals surface area contributed by atoms with Gasteiger partial charge in [-0.2, -0.15) is 0 Å². The van der Waals surface area contributed by atoms with E-state index in [9.17, 15) is 18.0 Å². The summed E-state index contributed by atoms with van der Waals surface area (Å²) in [6.07, 6.45) is 0. The van der Waals surface area contributed by atoms with Crippen molar-refractivity contribution in [2.45, 2.75) is 51.1 Å². The van der Waals surface area contributed by atoms with Crippen LogP contribution in [-0.2, 0) is 26.2 Å². The maximum atomic E-state index is 13.9. The molecule has 3 aromatic carbocycles. The molecule has 0 aliphatic heterocycles. The smallest absolute Gasteiger partial charge is 0.264 e. The first-order chi connectivity index (χ1) is 18.6. The molecule has 1 atom stereocenters. The van der Waals surface area contributed by atoms with Crippen LogP contribution in [0.15, 0.2) is 83.8 Å². The molecule has 3 rings (SSSR count). The van der Waals surface area contributed by atoms with Crippen molar-refractivity contribution in [2.75, 3.05) is 24.5 Å². The summed E-state index contributed by atoms with van der Waals surface area (Å²) in [5.74, 6) is 0.103. The quantitative estimate of drug-likeness (QED) is 0.356. The van der Waals surface area contributed by atoms with Gasteiger partial charge in [-0.25, -0.2) is 8.42 Å². The SMILES string of the molecule is CCNC(=O)C(C)N(Cc1ccc(OC)cc1)C(=O)CN(c1ccc(C(C)C)cc1)S(=O)(=O)c1ccccc1. The highest BCUT2D eigenvalue weighted by Crippen LogP contribution is 2.26. The molecule has 1 N–H and O–H groups in total. The van der Waals surface area contributed by atoms with Crippen LogP contribution < -0.4 is 14.4 Å². The standard InChI is InChI=1S/C30H37N3O5S/c1-6-31-30(35)23(4)32(20-24-12-18-27(38-5)19-13-24)29(34)21-33(26-16-14-25(15-17-26)22(2)3)39(36,37)28-10-8-7-9-11-28/h7-19,22-23H,6,20-21H2,1-5H3,(H,31,35). The predicted molar refractivity (Wildman–Crippen MR) is 153 cm³/mol. The molecular formula is C30H37N3O5S. The fourth-order valence-electron chi connectivity index (χ4n) is 4.11. The highest BCUT2D eigenvalue weighted by molar-refractivity contribution is 7.92. The number of anilines is 1. The average Bonchev–Trinajstić information content (AvgIpc) is 2.95. The van der Waals surface area contributed by atoms with E-state index in [-0.39, 0.29) is 23.3 Å². The fourth-order valence-corrected chi connectivity index (χ4v) is 5.54. The number of hydrogen-bond donors (Lipinski definition) is 1. The van der Waals surface area contributed by atoms with Gasteiger partial charge in [-0.1, -0.05) is 56.3 Å². The first kappa shape index (κ1) is 29.7. The van der Waals surface area contributed by atoms with E-state index < -0.39 is 28.5 Å². The second-order valence-corrected chi connectivity index (χ2v) is 11.4. The zero-order valence-electron chi connectivity index (χ0n) is 23.1. The van der Waals surface area contributed by atoms with E-state index in [1.54, 1.807) is 63.4 Å². The number of methoxy groups -OCH3 is 1. The molecule has 2 amide bonds. The molecular weight excluding hydrogens is 514 g/mol. The minimum Gasteiger partial charge on any atom is -0.497 e. The number of amides is 2. The Labute approximate surface area is 231 Å². The summed E-state index contributed by atoms with van der Waals surface area (Å²) in [6.45, 7) is 7.60. The number of nitrogens with zero attached hydrogens (tertiary/aromatic N) is 2. The molecule has 1 unspecified atom stereocenters. The van der Waals surface area contributed by atoms with E-state index in [2.05, 4.69) is 19.2 Å². The van der Waals surface area contributed by atoms with Gasteiger partial charge in [0, 0.05) is 13.1 Å². The highest BCUT2D eigenvalue weighted by Gasteiger charge is 2.32. The number of carbonyl (C=O) groups excluding carboxylic acids is 2. The van der Waals surface area contributed by atoms with E-state index in [4.69, 9.17) is 4.74 Å². The molecule has 0 bridgehead atoms. The van der Waals surface area contributed by atoms with Gasteiger partial charge in [0.1, 0.15) is 18.3 Å². The molecule has 0 aliphatic rings. The third-order valence-corrected chi connectivity index (χ3v) is 8.28. The first-order valence-corrected chi connectivity index (χ1v) is 14.4. The summed E-state index contributed by atoms with van der Waals surface area (Å²) < 4.78 is 34.0. The number of sulfonamides is 1. The van der Waals surface area contributed by atoms with Gasteiger partial charge in [0.15, 0.2) is 0 Å². The third-order valence-electron chi connectivity index (χ3n) is 6.49. The van der Waals surface area contributed by atoms with Crippen LogP contribution >= 0.6 is 0 Å². The Kier molecular flexibility index (Phi) is 10.1. The number of nitrogens with one attached hydrogen (secondary N) is 1. The van der Waals surface area contributed by atoms with Crippen molar-refractivity contribution in [3.05, 3.63) is 90.0 Å². The lowest BCUT2D eigenvalue weighted by molar-refractivity contribution is -0.139. The topological polar surface area (TPSA) is 96.0 Å². The molecule has 0 saturated carbocycles. The van der Waals surface area contributed by atoms with Gasteiger partial charge >= 0.3 is 0 Å². The lowest BCUT2D eigenvalue weighted by Gasteiger charge is -2.32. The van der Waals surface area contributed by atoms with Crippen molar-refractivity contribution < 1.29 is 22.7 Å². The van der Waals surface area contributed by atoms with E-state index in [1.165, 1.54) is 17.0 Å². The predicted octanol–water partition coefficient (Wildman–Crippen LogP) is 4.57. The van der Waals surface area contributed by atoms with Gasteiger partial charge in [-0.15, -0.1) is 0 Å². The Morgan fingerprint density at radius 3 is 2.05 bits per heavy atom. The van der Waals surface area contributed by atoms with E-state index in [0.29, 0.717) is 18.0 Å². The molecule has 0 saturated heterocycles. The fraction of sp³-hybridized carbons (Fsp3) is 0.333. The Morgan fingerprint density at radius 2 is 1.51 bits per heavy atom. The number of likely N-dealkylation sites (N-methyl/N-ethyl adjacent to an activating group) is 1. The number of benzene rings is 3. The zero-order chi connectivity index (χ0) is 28.6. The van der Waals surface area contributed by atoms with E-state index >= 15 is 0 Å². The average molecular weight is 552 g/mol.